The van der Waals surface area contributed by atoms with E-state index >= 15 is 0 Å². The summed E-state index contributed by atoms with van der Waals surface area (Å²) in [6, 6.07) is 10.1. The summed E-state index contributed by atoms with van der Waals surface area (Å²) in [5, 5.41) is 0. The van der Waals surface area contributed by atoms with E-state index in [-0.39, 0.29) is 5.78 Å². The van der Waals surface area contributed by atoms with Gasteiger partial charge in [0.05, 0.1) is 32.5 Å². The third kappa shape index (κ3) is 15.2. The average molecular weight is 625 g/mol. The smallest absolute Gasteiger partial charge is 0.337 e. The SMILES string of the molecule is CCCCCCCCOc1cc(C(=O)c2ccc(C(=O)OC)cc2)cc(OCCCCCCCC)c1OCCCCCCCC. The molecule has 2 aromatic rings. The van der Waals surface area contributed by atoms with Gasteiger partial charge < -0.3 is 18.9 Å². The van der Waals surface area contributed by atoms with E-state index in [1.165, 1.54) is 84.2 Å². The van der Waals surface area contributed by atoms with Crippen LogP contribution in [0.5, 0.6) is 17.2 Å². The van der Waals surface area contributed by atoms with Crippen molar-refractivity contribution < 1.29 is 28.5 Å². The first kappa shape index (κ1) is 38.2. The second kappa shape index (κ2) is 24.2. The van der Waals surface area contributed by atoms with Crippen LogP contribution in [0.4, 0.5) is 0 Å². The number of unbranched alkanes of at least 4 members (excludes halogenated alkanes) is 15. The largest absolute Gasteiger partial charge is 0.490 e. The quantitative estimate of drug-likeness (QED) is 0.0559. The number of ether oxygens (including phenoxy) is 4. The fourth-order valence-corrected chi connectivity index (χ4v) is 5.29. The number of esters is 1. The van der Waals surface area contributed by atoms with Gasteiger partial charge in [0, 0.05) is 11.1 Å². The standard InChI is InChI=1S/C39H60O6/c1-5-8-11-14-17-20-27-43-35-30-34(37(40)32-23-25-33(26-24-32)39(41)42-4)31-36(44-28-21-18-15-12-9-6-2)38(35)45-29-22-19-16-13-10-7-3/h23-26,30-31H,5-22,27-29H2,1-4H3. The van der Waals surface area contributed by atoms with Crippen LogP contribution >= 0.6 is 0 Å². The molecule has 252 valence electrons. The summed E-state index contributed by atoms with van der Waals surface area (Å²) in [5.41, 5.74) is 1.36. The van der Waals surface area contributed by atoms with E-state index in [9.17, 15) is 9.59 Å². The molecule has 2 aromatic carbocycles. The van der Waals surface area contributed by atoms with Crippen molar-refractivity contribution in [2.45, 2.75) is 136 Å². The lowest BCUT2D eigenvalue weighted by atomic mass is 10.0. The molecule has 0 aliphatic rings. The zero-order valence-corrected chi connectivity index (χ0v) is 28.8. The molecule has 0 N–H and O–H groups in total. The predicted octanol–water partition coefficient (Wildman–Crippen LogP) is 10.9. The van der Waals surface area contributed by atoms with Gasteiger partial charge in [-0.25, -0.2) is 4.79 Å². The van der Waals surface area contributed by atoms with E-state index in [4.69, 9.17) is 18.9 Å². The zero-order chi connectivity index (χ0) is 32.5. The molecule has 0 unspecified atom stereocenters. The Morgan fingerprint density at radius 3 is 1.29 bits per heavy atom. The molecule has 0 saturated carbocycles. The van der Waals surface area contributed by atoms with E-state index in [2.05, 4.69) is 20.8 Å². The van der Waals surface area contributed by atoms with Crippen molar-refractivity contribution in [1.82, 2.24) is 0 Å². The maximum Gasteiger partial charge on any atom is 0.337 e. The Labute approximate surface area is 273 Å². The summed E-state index contributed by atoms with van der Waals surface area (Å²) in [4.78, 5) is 25.6. The molecule has 0 spiro atoms. The summed E-state index contributed by atoms with van der Waals surface area (Å²) in [6.07, 6.45) is 21.1. The minimum atomic E-state index is -0.434. The first-order chi connectivity index (χ1) is 22.0. The first-order valence-electron chi connectivity index (χ1n) is 17.8. The molecular weight excluding hydrogens is 564 g/mol. The zero-order valence-electron chi connectivity index (χ0n) is 28.8. The van der Waals surface area contributed by atoms with Crippen molar-refractivity contribution in [3.05, 3.63) is 53.1 Å². The molecule has 0 aliphatic carbocycles. The third-order valence-corrected chi connectivity index (χ3v) is 8.11. The fraction of sp³-hybridized carbons (Fsp3) is 0.641. The van der Waals surface area contributed by atoms with Crippen LogP contribution in [-0.4, -0.2) is 38.7 Å². The second-order valence-electron chi connectivity index (χ2n) is 12.0. The molecule has 0 radical (unpaired) electrons. The van der Waals surface area contributed by atoms with Crippen LogP contribution in [0.2, 0.25) is 0 Å². The molecule has 0 fully saturated rings. The summed E-state index contributed by atoms with van der Waals surface area (Å²) < 4.78 is 23.9. The molecular formula is C39H60O6. The Bertz CT molecular complexity index is 1040. The van der Waals surface area contributed by atoms with Crippen LogP contribution in [-0.2, 0) is 4.74 Å². The Morgan fingerprint density at radius 2 is 0.867 bits per heavy atom. The van der Waals surface area contributed by atoms with Gasteiger partial charge in [-0.1, -0.05) is 129 Å². The normalized spacial score (nSPS) is 10.9. The molecule has 6 heteroatoms. The van der Waals surface area contributed by atoms with E-state index < -0.39 is 5.97 Å². The van der Waals surface area contributed by atoms with Gasteiger partial charge in [-0.2, -0.15) is 0 Å². The number of carbonyl (C=O) groups is 2. The average Bonchev–Trinajstić information content (AvgIpc) is 3.06. The summed E-state index contributed by atoms with van der Waals surface area (Å²) in [5.74, 6) is 1.12. The van der Waals surface area contributed by atoms with Gasteiger partial charge in [0.1, 0.15) is 0 Å². The Hall–Kier alpha value is -3.02. The van der Waals surface area contributed by atoms with E-state index in [0.29, 0.717) is 53.8 Å². The molecule has 0 saturated heterocycles. The number of rotatable bonds is 27. The molecule has 2 rings (SSSR count). The van der Waals surface area contributed by atoms with Crippen LogP contribution in [0.25, 0.3) is 0 Å². The molecule has 0 aliphatic heterocycles. The number of hydrogen-bond acceptors (Lipinski definition) is 6. The minimum Gasteiger partial charge on any atom is -0.490 e. The van der Waals surface area contributed by atoms with Gasteiger partial charge in [-0.15, -0.1) is 0 Å². The van der Waals surface area contributed by atoms with Gasteiger partial charge >= 0.3 is 5.97 Å². The number of ketones is 1. The molecule has 0 amide bonds. The third-order valence-electron chi connectivity index (χ3n) is 8.11. The molecule has 0 aromatic heterocycles. The van der Waals surface area contributed by atoms with Crippen LogP contribution in [0.3, 0.4) is 0 Å². The highest BCUT2D eigenvalue weighted by atomic mass is 16.5. The van der Waals surface area contributed by atoms with Crippen molar-refractivity contribution >= 4 is 11.8 Å². The number of methoxy groups -OCH3 is 1. The Balaban J connectivity index is 2.27. The Morgan fingerprint density at radius 1 is 0.489 bits per heavy atom. The lowest BCUT2D eigenvalue weighted by Crippen LogP contribution is -2.09. The van der Waals surface area contributed by atoms with Crippen molar-refractivity contribution in [2.75, 3.05) is 26.9 Å². The van der Waals surface area contributed by atoms with Gasteiger partial charge in [-0.3, -0.25) is 4.79 Å². The van der Waals surface area contributed by atoms with Crippen LogP contribution in [0.1, 0.15) is 163 Å². The maximum atomic E-state index is 13.7. The fourth-order valence-electron chi connectivity index (χ4n) is 5.29. The predicted molar refractivity (Wildman–Crippen MR) is 184 cm³/mol. The molecule has 0 heterocycles. The summed E-state index contributed by atoms with van der Waals surface area (Å²) in [6.45, 7) is 8.38. The van der Waals surface area contributed by atoms with Gasteiger partial charge in [0.25, 0.3) is 0 Å². The van der Waals surface area contributed by atoms with Gasteiger partial charge in [-0.05, 0) is 43.5 Å². The highest BCUT2D eigenvalue weighted by molar-refractivity contribution is 6.10. The van der Waals surface area contributed by atoms with E-state index in [1.54, 1.807) is 36.4 Å². The van der Waals surface area contributed by atoms with E-state index in [0.717, 1.165) is 38.5 Å². The van der Waals surface area contributed by atoms with Gasteiger partial charge in [0.15, 0.2) is 17.3 Å². The van der Waals surface area contributed by atoms with Crippen LogP contribution in [0, 0.1) is 0 Å². The van der Waals surface area contributed by atoms with Crippen LogP contribution < -0.4 is 14.2 Å². The summed E-state index contributed by atoms with van der Waals surface area (Å²) >= 11 is 0. The minimum absolute atomic E-state index is 0.164. The highest BCUT2D eigenvalue weighted by Gasteiger charge is 2.20. The molecule has 0 atom stereocenters. The van der Waals surface area contributed by atoms with Crippen molar-refractivity contribution in [2.24, 2.45) is 0 Å². The number of carbonyl (C=O) groups excluding carboxylic acids is 2. The lowest BCUT2D eigenvalue weighted by molar-refractivity contribution is 0.0600. The van der Waals surface area contributed by atoms with Crippen molar-refractivity contribution in [1.29, 1.82) is 0 Å². The topological polar surface area (TPSA) is 71.1 Å². The van der Waals surface area contributed by atoms with E-state index in [1.807, 2.05) is 0 Å². The monoisotopic (exact) mass is 624 g/mol. The Kier molecular flexibility index (Phi) is 20.6. The van der Waals surface area contributed by atoms with Crippen LogP contribution in [0.15, 0.2) is 36.4 Å². The van der Waals surface area contributed by atoms with Crippen molar-refractivity contribution in [3.63, 3.8) is 0 Å². The highest BCUT2D eigenvalue weighted by Crippen LogP contribution is 2.40. The van der Waals surface area contributed by atoms with Crippen molar-refractivity contribution in [3.8, 4) is 17.2 Å². The first-order valence-corrected chi connectivity index (χ1v) is 17.8. The lowest BCUT2D eigenvalue weighted by Gasteiger charge is -2.19. The summed E-state index contributed by atoms with van der Waals surface area (Å²) in [7, 11) is 1.34. The molecule has 6 nitrogen and oxygen atoms in total. The molecule has 0 bridgehead atoms. The second-order valence-corrected chi connectivity index (χ2v) is 12.0. The number of benzene rings is 2. The molecule has 45 heavy (non-hydrogen) atoms. The maximum absolute atomic E-state index is 13.7. The number of hydrogen-bond donors (Lipinski definition) is 0. The van der Waals surface area contributed by atoms with Gasteiger partial charge in [0.2, 0.25) is 5.75 Å².